The van der Waals surface area contributed by atoms with Crippen LogP contribution in [-0.2, 0) is 4.79 Å². The number of aliphatic hydroxyl groups is 3. The van der Waals surface area contributed by atoms with Crippen molar-refractivity contribution in [2.45, 2.75) is 263 Å². The van der Waals surface area contributed by atoms with Gasteiger partial charge in [-0.2, -0.15) is 0 Å². The van der Waals surface area contributed by atoms with Gasteiger partial charge in [0.2, 0.25) is 5.91 Å². The molecule has 0 fully saturated rings. The fourth-order valence-electron chi connectivity index (χ4n) is 7.33. The van der Waals surface area contributed by atoms with Gasteiger partial charge in [0.15, 0.2) is 0 Å². The summed E-state index contributed by atoms with van der Waals surface area (Å²) in [6.45, 7) is 4.16. The van der Waals surface area contributed by atoms with Crippen molar-refractivity contribution in [3.05, 3.63) is 48.6 Å². The summed E-state index contributed by atoms with van der Waals surface area (Å²) in [6, 6.07) is -0.759. The second kappa shape index (κ2) is 46.0. The van der Waals surface area contributed by atoms with Crippen molar-refractivity contribution in [1.29, 1.82) is 0 Å². The van der Waals surface area contributed by atoms with Crippen LogP contribution in [0.25, 0.3) is 0 Å². The molecule has 56 heavy (non-hydrogen) atoms. The van der Waals surface area contributed by atoms with Crippen molar-refractivity contribution in [2.75, 3.05) is 6.61 Å². The van der Waals surface area contributed by atoms with E-state index in [-0.39, 0.29) is 18.9 Å². The Morgan fingerprint density at radius 3 is 1.27 bits per heavy atom. The van der Waals surface area contributed by atoms with Crippen molar-refractivity contribution in [3.8, 4) is 0 Å². The molecule has 3 unspecified atom stereocenters. The first-order chi connectivity index (χ1) is 27.5. The van der Waals surface area contributed by atoms with Gasteiger partial charge in [0, 0.05) is 0 Å². The van der Waals surface area contributed by atoms with Gasteiger partial charge in [0.25, 0.3) is 0 Å². The van der Waals surface area contributed by atoms with Crippen LogP contribution in [-0.4, -0.2) is 46.1 Å². The van der Waals surface area contributed by atoms with Gasteiger partial charge in [-0.25, -0.2) is 0 Å². The van der Waals surface area contributed by atoms with Crippen LogP contribution in [0.1, 0.15) is 245 Å². The fraction of sp³-hybridized carbons (Fsp3) is 0.824. The maximum Gasteiger partial charge on any atom is 0.222 e. The lowest BCUT2D eigenvalue weighted by Gasteiger charge is -2.21. The number of nitrogens with one attached hydrogen (secondary N) is 1. The number of carbonyl (C=O) groups excluding carboxylic acids is 1. The first-order valence-electron chi connectivity index (χ1n) is 24.4. The molecular formula is C51H95NO4. The number of allylic oxidation sites excluding steroid dienone is 7. The van der Waals surface area contributed by atoms with Crippen molar-refractivity contribution < 1.29 is 20.1 Å². The van der Waals surface area contributed by atoms with E-state index in [2.05, 4.69) is 55.6 Å². The van der Waals surface area contributed by atoms with Crippen molar-refractivity contribution in [2.24, 2.45) is 0 Å². The first kappa shape index (κ1) is 54.3. The first-order valence-corrected chi connectivity index (χ1v) is 24.4. The Bertz CT molecular complexity index is 912. The van der Waals surface area contributed by atoms with E-state index in [1.54, 1.807) is 6.08 Å². The largest absolute Gasteiger partial charge is 0.394 e. The van der Waals surface area contributed by atoms with Gasteiger partial charge in [-0.15, -0.1) is 0 Å². The van der Waals surface area contributed by atoms with Gasteiger partial charge in [0.05, 0.1) is 31.3 Å². The maximum absolute atomic E-state index is 12.4. The second-order valence-corrected chi connectivity index (χ2v) is 16.7. The van der Waals surface area contributed by atoms with E-state index in [9.17, 15) is 20.1 Å². The lowest BCUT2D eigenvalue weighted by atomic mass is 10.0. The lowest BCUT2D eigenvalue weighted by molar-refractivity contribution is -0.124. The molecule has 3 atom stereocenters. The molecule has 0 spiro atoms. The number of unbranched alkanes of at least 4 members (excludes halogenated alkanes) is 29. The summed E-state index contributed by atoms with van der Waals surface area (Å²) < 4.78 is 0. The fourth-order valence-corrected chi connectivity index (χ4v) is 7.33. The van der Waals surface area contributed by atoms with E-state index >= 15 is 0 Å². The van der Waals surface area contributed by atoms with Crippen LogP contribution in [0.2, 0.25) is 0 Å². The third-order valence-electron chi connectivity index (χ3n) is 11.1. The summed E-state index contributed by atoms with van der Waals surface area (Å²) in [5.41, 5.74) is 0. The molecule has 0 heterocycles. The summed E-state index contributed by atoms with van der Waals surface area (Å²) in [4.78, 5) is 12.4. The van der Waals surface area contributed by atoms with E-state index in [1.807, 2.05) is 6.08 Å². The highest BCUT2D eigenvalue weighted by atomic mass is 16.3. The average Bonchev–Trinajstić information content (AvgIpc) is 3.19. The molecule has 4 N–H and O–H groups in total. The molecule has 0 aliphatic heterocycles. The standard InChI is InChI=1S/C51H95NO4/c1-3-5-7-9-11-13-15-16-17-18-19-20-21-22-23-24-25-26-27-28-29-30-31-32-33-34-35-36-38-40-42-44-48(54)46-51(56)52-49(47-53)50(55)45-43-41-39-37-14-12-10-8-6-4-2/h14,19-20,22-23,37,43,45,48-50,53-55H,3-13,15-18,21,24-36,38-42,44,46-47H2,1-2H3,(H,52,56)/b20-19-,23-22-,37-14+,45-43+. The van der Waals surface area contributed by atoms with Gasteiger partial charge in [-0.1, -0.05) is 223 Å². The maximum atomic E-state index is 12.4. The zero-order chi connectivity index (χ0) is 40.8. The van der Waals surface area contributed by atoms with Crippen molar-refractivity contribution in [1.82, 2.24) is 5.32 Å². The van der Waals surface area contributed by atoms with E-state index < -0.39 is 18.2 Å². The molecule has 0 saturated carbocycles. The number of hydrogen-bond acceptors (Lipinski definition) is 4. The van der Waals surface area contributed by atoms with Crippen LogP contribution in [0.15, 0.2) is 48.6 Å². The third-order valence-corrected chi connectivity index (χ3v) is 11.1. The predicted octanol–water partition coefficient (Wildman–Crippen LogP) is 14.5. The number of hydrogen-bond donors (Lipinski definition) is 4. The van der Waals surface area contributed by atoms with E-state index in [1.165, 1.54) is 180 Å². The Balaban J connectivity index is 3.53. The topological polar surface area (TPSA) is 89.8 Å². The zero-order valence-corrected chi connectivity index (χ0v) is 37.3. The van der Waals surface area contributed by atoms with Crippen molar-refractivity contribution in [3.63, 3.8) is 0 Å². The molecule has 328 valence electrons. The molecule has 0 radical (unpaired) electrons. The SMILES string of the molecule is CCCCCC/C=C/CC/C=C/C(O)C(CO)NC(=O)CC(O)CCCCCCCCCCCCCCCCC/C=C\C/C=C\CCCCCCCCCCC. The highest BCUT2D eigenvalue weighted by molar-refractivity contribution is 5.76. The Hall–Kier alpha value is -1.69. The van der Waals surface area contributed by atoms with Gasteiger partial charge in [0.1, 0.15) is 0 Å². The number of rotatable bonds is 44. The predicted molar refractivity (Wildman–Crippen MR) is 245 cm³/mol. The number of amides is 1. The minimum absolute atomic E-state index is 0.00530. The Morgan fingerprint density at radius 1 is 0.464 bits per heavy atom. The number of carbonyl (C=O) groups is 1. The van der Waals surface area contributed by atoms with Gasteiger partial charge >= 0.3 is 0 Å². The molecule has 1 amide bonds. The minimum Gasteiger partial charge on any atom is -0.394 e. The molecular weight excluding hydrogens is 691 g/mol. The Morgan fingerprint density at radius 2 is 0.821 bits per heavy atom. The third kappa shape index (κ3) is 41.9. The minimum atomic E-state index is -0.950. The van der Waals surface area contributed by atoms with Crippen LogP contribution in [0.5, 0.6) is 0 Å². The molecule has 5 heteroatoms. The average molecular weight is 786 g/mol. The van der Waals surface area contributed by atoms with Crippen LogP contribution in [0.3, 0.4) is 0 Å². The zero-order valence-electron chi connectivity index (χ0n) is 37.3. The molecule has 5 nitrogen and oxygen atoms in total. The number of aliphatic hydroxyl groups excluding tert-OH is 3. The summed E-state index contributed by atoms with van der Waals surface area (Å²) in [5.74, 6) is -0.327. The van der Waals surface area contributed by atoms with Gasteiger partial charge < -0.3 is 20.6 Å². The Labute approximate surface area is 348 Å². The van der Waals surface area contributed by atoms with E-state index in [4.69, 9.17) is 0 Å². The summed E-state index contributed by atoms with van der Waals surface area (Å²) in [7, 11) is 0. The van der Waals surface area contributed by atoms with Gasteiger partial charge in [-0.05, 0) is 64.2 Å². The molecule has 0 aromatic heterocycles. The van der Waals surface area contributed by atoms with Crippen molar-refractivity contribution >= 4 is 5.91 Å². The smallest absolute Gasteiger partial charge is 0.222 e. The summed E-state index contributed by atoms with van der Waals surface area (Å²) >= 11 is 0. The van der Waals surface area contributed by atoms with Crippen LogP contribution < -0.4 is 5.32 Å². The summed E-state index contributed by atoms with van der Waals surface area (Å²) in [6.07, 6.45) is 60.1. The van der Waals surface area contributed by atoms with Crippen LogP contribution >= 0.6 is 0 Å². The molecule has 0 rings (SSSR count). The second-order valence-electron chi connectivity index (χ2n) is 16.7. The van der Waals surface area contributed by atoms with E-state index in [0.29, 0.717) is 6.42 Å². The van der Waals surface area contributed by atoms with Crippen LogP contribution in [0.4, 0.5) is 0 Å². The lowest BCUT2D eigenvalue weighted by Crippen LogP contribution is -2.45. The summed E-state index contributed by atoms with van der Waals surface area (Å²) in [5, 5.41) is 33.1. The molecule has 0 bridgehead atoms. The highest BCUT2D eigenvalue weighted by Crippen LogP contribution is 2.16. The van der Waals surface area contributed by atoms with Gasteiger partial charge in [-0.3, -0.25) is 4.79 Å². The monoisotopic (exact) mass is 786 g/mol. The molecule has 0 aromatic carbocycles. The molecule has 0 aromatic rings. The van der Waals surface area contributed by atoms with Crippen LogP contribution in [0, 0.1) is 0 Å². The molecule has 0 aliphatic carbocycles. The Kier molecular flexibility index (Phi) is 44.6. The molecule has 0 aliphatic rings. The normalized spacial score (nSPS) is 13.9. The van der Waals surface area contributed by atoms with E-state index in [0.717, 1.165) is 38.5 Å². The molecule has 0 saturated heterocycles. The highest BCUT2D eigenvalue weighted by Gasteiger charge is 2.20. The quantitative estimate of drug-likeness (QED) is 0.0366.